The van der Waals surface area contributed by atoms with Crippen molar-refractivity contribution in [2.45, 2.75) is 12.5 Å². The largest absolute Gasteiger partial charge is 0.319 e. The van der Waals surface area contributed by atoms with Gasteiger partial charge in [0.2, 0.25) is 0 Å². The maximum atomic E-state index is 14.9. The van der Waals surface area contributed by atoms with Crippen LogP contribution in [0.25, 0.3) is 0 Å². The second-order valence-corrected chi connectivity index (χ2v) is 9.19. The number of benzene rings is 3. The van der Waals surface area contributed by atoms with Crippen LogP contribution >= 0.6 is 15.9 Å². The molecule has 0 bridgehead atoms. The average molecular weight is 562 g/mol. The van der Waals surface area contributed by atoms with E-state index in [1.165, 1.54) is 58.2 Å². The molecule has 0 radical (unpaired) electrons. The number of amides is 2. The van der Waals surface area contributed by atoms with Gasteiger partial charge in [-0.3, -0.25) is 14.3 Å². The highest BCUT2D eigenvalue weighted by Crippen LogP contribution is 2.36. The highest BCUT2D eigenvalue weighted by Gasteiger charge is 2.35. The summed E-state index contributed by atoms with van der Waals surface area (Å²) in [5, 5.41) is 16.1. The molecule has 10 heteroatoms. The number of carbonyl (C=O) groups excluding carboxylic acids is 2. The molecule has 7 nitrogen and oxygen atoms in total. The van der Waals surface area contributed by atoms with Crippen molar-refractivity contribution in [2.75, 3.05) is 16.8 Å². The second kappa shape index (κ2) is 9.59. The summed E-state index contributed by atoms with van der Waals surface area (Å²) in [6.07, 6.45) is 1.39. The van der Waals surface area contributed by atoms with Crippen molar-refractivity contribution in [1.29, 1.82) is 5.26 Å². The Labute approximate surface area is 219 Å². The van der Waals surface area contributed by atoms with Crippen molar-refractivity contribution in [2.24, 2.45) is 0 Å². The van der Waals surface area contributed by atoms with Crippen molar-refractivity contribution in [3.63, 3.8) is 0 Å². The molecule has 5 rings (SSSR count). The Bertz CT molecular complexity index is 1550. The van der Waals surface area contributed by atoms with Crippen LogP contribution in [0.4, 0.5) is 20.2 Å². The summed E-state index contributed by atoms with van der Waals surface area (Å²) in [6, 6.07) is 19.7. The van der Waals surface area contributed by atoms with Crippen LogP contribution < -0.4 is 10.2 Å². The number of carbonyl (C=O) groups is 2. The average Bonchev–Trinajstić information content (AvgIpc) is 3.33. The molecule has 0 fully saturated rings. The molecule has 2 amide bonds. The van der Waals surface area contributed by atoms with Crippen molar-refractivity contribution >= 4 is 39.1 Å². The highest BCUT2D eigenvalue weighted by molar-refractivity contribution is 9.10. The summed E-state index contributed by atoms with van der Waals surface area (Å²) in [5.74, 6) is -4.10. The summed E-state index contributed by atoms with van der Waals surface area (Å²) in [6.45, 7) is 0.642. The Morgan fingerprint density at radius 2 is 1.73 bits per heavy atom. The lowest BCUT2D eigenvalue weighted by Gasteiger charge is -2.28. The lowest BCUT2D eigenvalue weighted by Crippen LogP contribution is -2.41. The van der Waals surface area contributed by atoms with Gasteiger partial charge in [0.25, 0.3) is 17.7 Å². The van der Waals surface area contributed by atoms with Gasteiger partial charge in [0.1, 0.15) is 11.8 Å². The molecule has 184 valence electrons. The molecule has 37 heavy (non-hydrogen) atoms. The third kappa shape index (κ3) is 4.49. The number of nitrogens with zero attached hydrogens (tertiary/aromatic N) is 4. The molecule has 3 aromatic carbocycles. The lowest BCUT2D eigenvalue weighted by molar-refractivity contribution is 0.0428. The first kappa shape index (κ1) is 24.3. The molecule has 1 aliphatic heterocycles. The number of alkyl halides is 2. The van der Waals surface area contributed by atoms with Gasteiger partial charge in [-0.2, -0.15) is 19.1 Å². The number of nitrogens with one attached hydrogen (secondary N) is 1. The zero-order valence-electron chi connectivity index (χ0n) is 19.2. The van der Waals surface area contributed by atoms with Crippen LogP contribution in [-0.4, -0.2) is 28.1 Å². The molecule has 0 spiro atoms. The molecule has 0 aliphatic carbocycles. The van der Waals surface area contributed by atoms with Gasteiger partial charge >= 0.3 is 0 Å². The Balaban J connectivity index is 1.38. The minimum atomic E-state index is -3.18. The fourth-order valence-corrected chi connectivity index (χ4v) is 4.49. The van der Waals surface area contributed by atoms with E-state index in [0.717, 1.165) is 0 Å². The number of nitriles is 1. The van der Waals surface area contributed by atoms with Crippen molar-refractivity contribution in [3.8, 4) is 6.07 Å². The van der Waals surface area contributed by atoms with E-state index >= 15 is 0 Å². The van der Waals surface area contributed by atoms with Crippen molar-refractivity contribution in [1.82, 2.24) is 9.78 Å². The van der Waals surface area contributed by atoms with E-state index in [2.05, 4.69) is 26.3 Å². The molecular formula is C27H18BrF2N5O2. The Kier molecular flexibility index (Phi) is 6.31. The van der Waals surface area contributed by atoms with Crippen LogP contribution in [0.15, 0.2) is 83.5 Å². The van der Waals surface area contributed by atoms with E-state index in [1.54, 1.807) is 30.3 Å². The summed E-state index contributed by atoms with van der Waals surface area (Å²) in [5.41, 5.74) is 1.09. The molecule has 4 aromatic rings. The molecule has 0 atom stereocenters. The number of anilines is 2. The summed E-state index contributed by atoms with van der Waals surface area (Å²) >= 11 is 3.25. The van der Waals surface area contributed by atoms with Crippen molar-refractivity contribution in [3.05, 3.63) is 111 Å². The van der Waals surface area contributed by atoms with E-state index < -0.39 is 17.7 Å². The van der Waals surface area contributed by atoms with E-state index in [9.17, 15) is 23.6 Å². The molecule has 0 saturated heterocycles. The van der Waals surface area contributed by atoms with Crippen LogP contribution in [0.2, 0.25) is 0 Å². The maximum absolute atomic E-state index is 14.9. The van der Waals surface area contributed by atoms with Gasteiger partial charge in [0.15, 0.2) is 0 Å². The van der Waals surface area contributed by atoms with Crippen LogP contribution in [-0.2, 0) is 12.5 Å². The van der Waals surface area contributed by atoms with E-state index in [4.69, 9.17) is 0 Å². The lowest BCUT2D eigenvalue weighted by atomic mass is 10.00. The molecule has 2 heterocycles. The summed E-state index contributed by atoms with van der Waals surface area (Å²) in [7, 11) is 0. The van der Waals surface area contributed by atoms with E-state index in [1.807, 2.05) is 6.07 Å². The first-order valence-electron chi connectivity index (χ1n) is 11.2. The monoisotopic (exact) mass is 561 g/mol. The SMILES string of the molecule is N#Cc1cc(C(=O)Nc2cnn3c2C(=O)N(c2ccc(C(F)(F)c4ccccc4)cc2)CC3)ccc1Br. The summed E-state index contributed by atoms with van der Waals surface area (Å²) < 4.78 is 31.9. The number of hydrogen-bond donors (Lipinski definition) is 1. The Hall–Kier alpha value is -4.36. The molecule has 1 aliphatic rings. The standard InChI is InChI=1S/C27H18BrF2N5O2/c28-22-11-6-17(14-18(22)15-31)25(36)33-23-16-32-35-13-12-34(26(37)24(23)35)21-9-7-20(8-10-21)27(29,30)19-4-2-1-3-5-19/h1-11,14,16H,12-13H2,(H,33,36). The fraction of sp³-hybridized carbons (Fsp3) is 0.111. The molecule has 1 aromatic heterocycles. The van der Waals surface area contributed by atoms with Crippen LogP contribution in [0.1, 0.15) is 37.5 Å². The number of rotatable bonds is 5. The molecule has 0 unspecified atom stereocenters. The predicted octanol–water partition coefficient (Wildman–Crippen LogP) is 5.57. The maximum Gasteiger partial charge on any atom is 0.298 e. The van der Waals surface area contributed by atoms with Gasteiger partial charge < -0.3 is 10.2 Å². The number of hydrogen-bond acceptors (Lipinski definition) is 4. The van der Waals surface area contributed by atoms with Crippen molar-refractivity contribution < 1.29 is 18.4 Å². The molecule has 1 N–H and O–H groups in total. The minimum Gasteiger partial charge on any atom is -0.319 e. The van der Waals surface area contributed by atoms with Gasteiger partial charge in [-0.1, -0.05) is 42.5 Å². The van der Waals surface area contributed by atoms with Crippen LogP contribution in [0.3, 0.4) is 0 Å². The number of halogens is 3. The third-order valence-electron chi connectivity index (χ3n) is 6.10. The van der Waals surface area contributed by atoms with E-state index in [-0.39, 0.29) is 34.6 Å². The van der Waals surface area contributed by atoms with Crippen LogP contribution in [0.5, 0.6) is 0 Å². The first-order valence-corrected chi connectivity index (χ1v) is 12.0. The Morgan fingerprint density at radius 1 is 1.03 bits per heavy atom. The minimum absolute atomic E-state index is 0.117. The zero-order chi connectivity index (χ0) is 26.2. The fourth-order valence-electron chi connectivity index (χ4n) is 4.15. The zero-order valence-corrected chi connectivity index (χ0v) is 20.7. The van der Waals surface area contributed by atoms with Gasteiger partial charge in [-0.25, -0.2) is 0 Å². The second-order valence-electron chi connectivity index (χ2n) is 8.33. The van der Waals surface area contributed by atoms with Gasteiger partial charge in [-0.05, 0) is 46.3 Å². The smallest absolute Gasteiger partial charge is 0.298 e. The van der Waals surface area contributed by atoms with Gasteiger partial charge in [0, 0.05) is 33.4 Å². The topological polar surface area (TPSA) is 91.0 Å². The first-order chi connectivity index (χ1) is 17.8. The number of aromatic nitrogens is 2. The van der Waals surface area contributed by atoms with Gasteiger partial charge in [0.05, 0.1) is 24.0 Å². The van der Waals surface area contributed by atoms with Crippen LogP contribution in [0, 0.1) is 11.3 Å². The highest BCUT2D eigenvalue weighted by atomic mass is 79.9. The normalized spacial score (nSPS) is 13.1. The predicted molar refractivity (Wildman–Crippen MR) is 137 cm³/mol. The summed E-state index contributed by atoms with van der Waals surface area (Å²) in [4.78, 5) is 27.7. The number of fused-ring (bicyclic) bond motifs is 1. The molecular weight excluding hydrogens is 544 g/mol. The molecule has 0 saturated carbocycles. The Morgan fingerprint density at radius 3 is 2.43 bits per heavy atom. The quantitative estimate of drug-likeness (QED) is 0.345. The third-order valence-corrected chi connectivity index (χ3v) is 6.79. The van der Waals surface area contributed by atoms with Gasteiger partial charge in [-0.15, -0.1) is 0 Å². The van der Waals surface area contributed by atoms with E-state index in [0.29, 0.717) is 22.3 Å².